The van der Waals surface area contributed by atoms with Crippen LogP contribution in [0.25, 0.3) is 0 Å². The molecular formula is C22H15ClF2N4O3. The van der Waals surface area contributed by atoms with Crippen LogP contribution in [-0.2, 0) is 17.8 Å². The fourth-order valence-electron chi connectivity index (χ4n) is 3.39. The average Bonchev–Trinajstić information content (AvgIpc) is 2.75. The third-order valence-electron chi connectivity index (χ3n) is 4.81. The van der Waals surface area contributed by atoms with Crippen molar-refractivity contribution >= 4 is 29.0 Å². The van der Waals surface area contributed by atoms with Crippen molar-refractivity contribution in [1.82, 2.24) is 4.98 Å². The van der Waals surface area contributed by atoms with Crippen molar-refractivity contribution in [2.24, 2.45) is 5.73 Å². The van der Waals surface area contributed by atoms with Gasteiger partial charge in [-0.25, -0.2) is 9.78 Å². The number of carbonyl (C=O) groups excluding carboxylic acids is 1. The highest BCUT2D eigenvalue weighted by atomic mass is 35.5. The zero-order chi connectivity index (χ0) is 22.9. The third-order valence-corrected chi connectivity index (χ3v) is 5.16. The molecule has 0 saturated carbocycles. The Kier molecular flexibility index (Phi) is 5.65. The molecule has 1 aromatic heterocycles. The number of hydrogen-bond acceptors (Lipinski definition) is 5. The lowest BCUT2D eigenvalue weighted by Crippen LogP contribution is -2.36. The summed E-state index contributed by atoms with van der Waals surface area (Å²) in [5.41, 5.74) is 8.31. The van der Waals surface area contributed by atoms with E-state index in [1.54, 1.807) is 36.4 Å². The first-order valence-corrected chi connectivity index (χ1v) is 9.71. The number of halogens is 3. The molecule has 0 radical (unpaired) electrons. The van der Waals surface area contributed by atoms with Gasteiger partial charge in [-0.15, -0.1) is 8.78 Å². The lowest BCUT2D eigenvalue weighted by atomic mass is 10.0. The van der Waals surface area contributed by atoms with Crippen molar-refractivity contribution in [2.75, 3.05) is 4.90 Å². The molecule has 2 heterocycles. The summed E-state index contributed by atoms with van der Waals surface area (Å²) in [4.78, 5) is 17.4. The van der Waals surface area contributed by atoms with Crippen LogP contribution < -0.4 is 15.4 Å². The Labute approximate surface area is 186 Å². The number of carbonyl (C=O) groups is 1. The number of ether oxygens (including phenoxy) is 2. The zero-order valence-corrected chi connectivity index (χ0v) is 17.1. The predicted molar refractivity (Wildman–Crippen MR) is 112 cm³/mol. The summed E-state index contributed by atoms with van der Waals surface area (Å²) in [6.07, 6.45) is -1.78. The summed E-state index contributed by atoms with van der Waals surface area (Å²) in [7, 11) is 0. The van der Waals surface area contributed by atoms with E-state index in [1.165, 1.54) is 18.3 Å². The van der Waals surface area contributed by atoms with Gasteiger partial charge in [-0.3, -0.25) is 9.64 Å². The van der Waals surface area contributed by atoms with Crippen LogP contribution in [0.4, 0.5) is 25.0 Å². The molecule has 0 spiro atoms. The Bertz CT molecular complexity index is 1250. The Morgan fingerprint density at radius 2 is 2.09 bits per heavy atom. The molecule has 2 aromatic carbocycles. The van der Waals surface area contributed by atoms with Crippen LogP contribution in [0.15, 0.2) is 54.7 Å². The van der Waals surface area contributed by atoms with Crippen LogP contribution in [0.3, 0.4) is 0 Å². The number of amides is 2. The molecule has 1 aliphatic rings. The topological polar surface area (TPSA) is 101 Å². The zero-order valence-electron chi connectivity index (χ0n) is 16.4. The first-order chi connectivity index (χ1) is 15.3. The molecule has 0 fully saturated rings. The van der Waals surface area contributed by atoms with E-state index in [0.717, 1.165) is 16.0 Å². The minimum Gasteiger partial charge on any atom is -0.409 e. The fraction of sp³-hybridized carbons (Fsp3) is 0.136. The van der Waals surface area contributed by atoms with Gasteiger partial charge in [0.2, 0.25) is 0 Å². The normalized spacial score (nSPS) is 14.1. The summed E-state index contributed by atoms with van der Waals surface area (Å²) in [5, 5.41) is 9.36. The van der Waals surface area contributed by atoms with Crippen molar-refractivity contribution in [3.05, 3.63) is 82.1 Å². The second kappa shape index (κ2) is 8.42. The Morgan fingerprint density at radius 3 is 2.81 bits per heavy atom. The number of nitrogens with two attached hydrogens (primary N) is 1. The van der Waals surface area contributed by atoms with Crippen LogP contribution in [0.2, 0.25) is 5.02 Å². The monoisotopic (exact) mass is 456 g/mol. The maximum Gasteiger partial charge on any atom is 0.535 e. The third kappa shape index (κ3) is 4.32. The number of pyridine rings is 1. The van der Waals surface area contributed by atoms with Gasteiger partial charge in [-0.05, 0) is 53.9 Å². The Morgan fingerprint density at radius 1 is 1.28 bits per heavy atom. The summed E-state index contributed by atoms with van der Waals surface area (Å²) < 4.78 is 35.9. The van der Waals surface area contributed by atoms with Gasteiger partial charge in [-0.2, -0.15) is 5.26 Å². The summed E-state index contributed by atoms with van der Waals surface area (Å²) in [6, 6.07) is 13.8. The van der Waals surface area contributed by atoms with Crippen molar-refractivity contribution in [3.8, 4) is 11.8 Å². The molecule has 2 N–H and O–H groups in total. The first kappa shape index (κ1) is 21.5. The summed E-state index contributed by atoms with van der Waals surface area (Å²) in [5.74, 6) is -0.112. The number of fused-ring (bicyclic) bond motifs is 1. The van der Waals surface area contributed by atoms with Gasteiger partial charge in [0, 0.05) is 16.8 Å². The molecule has 2 amide bonds. The van der Waals surface area contributed by atoms with Gasteiger partial charge < -0.3 is 10.5 Å². The molecule has 0 atom stereocenters. The average molecular weight is 457 g/mol. The van der Waals surface area contributed by atoms with E-state index in [9.17, 15) is 13.6 Å². The molecule has 162 valence electrons. The molecule has 0 bridgehead atoms. The number of nitrogens with zero attached hydrogens (tertiary/aromatic N) is 3. The van der Waals surface area contributed by atoms with Crippen LogP contribution in [-0.4, -0.2) is 17.3 Å². The molecule has 10 heteroatoms. The highest BCUT2D eigenvalue weighted by molar-refractivity contribution is 6.31. The van der Waals surface area contributed by atoms with Crippen molar-refractivity contribution < 1.29 is 23.0 Å². The molecule has 7 nitrogen and oxygen atoms in total. The van der Waals surface area contributed by atoms with E-state index < -0.39 is 18.9 Å². The number of urea groups is 1. The standard InChI is InChI=1S/C22H15ClF2N4O3/c23-18-10-16(5-4-14(18)8-13-6-7-28-15(9-13)11-26)29(21(27)30)19-2-1-3-20-17(19)12-31-22(24,25)32-20/h1-7,9-10H,8,12H2,(H2,27,30). The summed E-state index contributed by atoms with van der Waals surface area (Å²) in [6.45, 7) is -0.475. The number of rotatable bonds is 4. The molecular weight excluding hydrogens is 442 g/mol. The second-order valence-corrected chi connectivity index (χ2v) is 7.30. The van der Waals surface area contributed by atoms with Gasteiger partial charge in [0.25, 0.3) is 0 Å². The van der Waals surface area contributed by atoms with E-state index in [-0.39, 0.29) is 17.0 Å². The quantitative estimate of drug-likeness (QED) is 0.603. The van der Waals surface area contributed by atoms with Gasteiger partial charge >= 0.3 is 12.3 Å². The van der Waals surface area contributed by atoms with E-state index in [4.69, 9.17) is 22.6 Å². The summed E-state index contributed by atoms with van der Waals surface area (Å²) >= 11 is 6.46. The maximum atomic E-state index is 13.4. The van der Waals surface area contributed by atoms with Crippen molar-refractivity contribution in [3.63, 3.8) is 0 Å². The van der Waals surface area contributed by atoms with Crippen LogP contribution in [0.5, 0.6) is 5.75 Å². The van der Waals surface area contributed by atoms with E-state index in [0.29, 0.717) is 22.8 Å². The molecule has 32 heavy (non-hydrogen) atoms. The van der Waals surface area contributed by atoms with E-state index >= 15 is 0 Å². The molecule has 0 saturated heterocycles. The number of primary amides is 1. The van der Waals surface area contributed by atoms with Crippen LogP contribution >= 0.6 is 11.6 Å². The smallest absolute Gasteiger partial charge is 0.409 e. The molecule has 3 aromatic rings. The minimum absolute atomic E-state index is 0.112. The Balaban J connectivity index is 1.68. The van der Waals surface area contributed by atoms with E-state index in [1.807, 2.05) is 6.07 Å². The minimum atomic E-state index is -3.76. The Hall–Kier alpha value is -3.74. The van der Waals surface area contributed by atoms with Gasteiger partial charge in [0.05, 0.1) is 18.0 Å². The number of benzene rings is 2. The highest BCUT2D eigenvalue weighted by Crippen LogP contribution is 2.41. The molecule has 1 aliphatic heterocycles. The maximum absolute atomic E-state index is 13.4. The van der Waals surface area contributed by atoms with Crippen molar-refractivity contribution in [2.45, 2.75) is 19.3 Å². The number of nitriles is 1. The van der Waals surface area contributed by atoms with Crippen LogP contribution in [0, 0.1) is 11.3 Å². The van der Waals surface area contributed by atoms with Crippen molar-refractivity contribution in [1.29, 1.82) is 5.26 Å². The lowest BCUT2D eigenvalue weighted by Gasteiger charge is -2.29. The van der Waals surface area contributed by atoms with E-state index in [2.05, 4.69) is 14.5 Å². The molecule has 0 unspecified atom stereocenters. The highest BCUT2D eigenvalue weighted by Gasteiger charge is 2.40. The van der Waals surface area contributed by atoms with Crippen LogP contribution in [0.1, 0.15) is 22.4 Å². The number of hydrogen-bond donors (Lipinski definition) is 1. The molecule has 4 rings (SSSR count). The largest absolute Gasteiger partial charge is 0.535 e. The molecule has 0 aliphatic carbocycles. The van der Waals surface area contributed by atoms with Gasteiger partial charge in [0.1, 0.15) is 17.5 Å². The number of aromatic nitrogens is 1. The number of alkyl halides is 2. The fourth-order valence-corrected chi connectivity index (χ4v) is 3.63. The lowest BCUT2D eigenvalue weighted by molar-refractivity contribution is -0.367. The predicted octanol–water partition coefficient (Wildman–Crippen LogP) is 4.87. The number of anilines is 2. The second-order valence-electron chi connectivity index (χ2n) is 6.90. The first-order valence-electron chi connectivity index (χ1n) is 9.33. The SMILES string of the molecule is N#Cc1cc(Cc2ccc(N(C(N)=O)c3cccc4c3COC(F)(F)O4)cc2Cl)ccn1. The van der Waals surface area contributed by atoms with Gasteiger partial charge in [0.15, 0.2) is 0 Å². The van der Waals surface area contributed by atoms with Gasteiger partial charge in [-0.1, -0.05) is 23.7 Å².